The fraction of sp³-hybridized carbons (Fsp3) is 0.286. The predicted molar refractivity (Wildman–Crippen MR) is 73.4 cm³/mol. The van der Waals surface area contributed by atoms with E-state index in [2.05, 4.69) is 9.97 Å². The van der Waals surface area contributed by atoms with Gasteiger partial charge in [-0.25, -0.2) is 9.97 Å². The van der Waals surface area contributed by atoms with Crippen LogP contribution in [-0.4, -0.2) is 22.2 Å². The van der Waals surface area contributed by atoms with Gasteiger partial charge in [-0.05, 0) is 24.1 Å². The molecule has 0 aliphatic carbocycles. The van der Waals surface area contributed by atoms with Gasteiger partial charge in [0.15, 0.2) is 0 Å². The molecule has 1 heterocycles. The summed E-state index contributed by atoms with van der Waals surface area (Å²) in [7, 11) is 1.55. The van der Waals surface area contributed by atoms with Crippen LogP contribution in [0.4, 0.5) is 0 Å². The van der Waals surface area contributed by atoms with E-state index < -0.39 is 6.10 Å². The van der Waals surface area contributed by atoms with Crippen LogP contribution in [0.15, 0.2) is 30.6 Å². The van der Waals surface area contributed by atoms with Gasteiger partial charge in [-0.15, -0.1) is 0 Å². The van der Waals surface area contributed by atoms with Gasteiger partial charge in [0.25, 0.3) is 0 Å². The molecule has 0 spiro atoms. The third kappa shape index (κ3) is 3.43. The van der Waals surface area contributed by atoms with Gasteiger partial charge in [-0.2, -0.15) is 0 Å². The topological polar surface area (TPSA) is 55.2 Å². The number of rotatable bonds is 4. The van der Waals surface area contributed by atoms with Gasteiger partial charge in [-0.3, -0.25) is 0 Å². The fourth-order valence-electron chi connectivity index (χ4n) is 1.79. The van der Waals surface area contributed by atoms with Gasteiger partial charge in [0.2, 0.25) is 5.88 Å². The van der Waals surface area contributed by atoms with E-state index in [1.165, 1.54) is 6.33 Å². The molecule has 100 valence electrons. The van der Waals surface area contributed by atoms with Crippen molar-refractivity contribution in [2.45, 2.75) is 19.4 Å². The molecule has 1 unspecified atom stereocenters. The SMILES string of the molecule is COc1cc(CC(O)c2ccc(Cl)c(C)c2)ncn1. The monoisotopic (exact) mass is 278 g/mol. The van der Waals surface area contributed by atoms with Crippen molar-refractivity contribution in [3.63, 3.8) is 0 Å². The Morgan fingerprint density at radius 1 is 1.32 bits per heavy atom. The molecular formula is C14H15ClN2O2. The molecule has 0 aliphatic heterocycles. The highest BCUT2D eigenvalue weighted by Gasteiger charge is 2.11. The van der Waals surface area contributed by atoms with Gasteiger partial charge >= 0.3 is 0 Å². The van der Waals surface area contributed by atoms with E-state index >= 15 is 0 Å². The highest BCUT2D eigenvalue weighted by Crippen LogP contribution is 2.23. The second kappa shape index (κ2) is 5.99. The first-order valence-corrected chi connectivity index (χ1v) is 6.27. The van der Waals surface area contributed by atoms with Crippen LogP contribution in [0.3, 0.4) is 0 Å². The summed E-state index contributed by atoms with van der Waals surface area (Å²) in [6.07, 6.45) is 1.20. The van der Waals surface area contributed by atoms with E-state index in [9.17, 15) is 5.11 Å². The van der Waals surface area contributed by atoms with Crippen LogP contribution >= 0.6 is 11.6 Å². The fourth-order valence-corrected chi connectivity index (χ4v) is 1.91. The Kier molecular flexibility index (Phi) is 4.35. The summed E-state index contributed by atoms with van der Waals surface area (Å²) in [5.74, 6) is 0.490. The molecule has 0 radical (unpaired) electrons. The lowest BCUT2D eigenvalue weighted by atomic mass is 10.0. The second-order valence-electron chi connectivity index (χ2n) is 4.28. The Labute approximate surface area is 117 Å². The number of benzene rings is 1. The number of ether oxygens (including phenoxy) is 1. The minimum absolute atomic E-state index is 0.403. The van der Waals surface area contributed by atoms with Crippen LogP contribution in [0, 0.1) is 6.92 Å². The molecule has 1 atom stereocenters. The lowest BCUT2D eigenvalue weighted by molar-refractivity contribution is 0.177. The highest BCUT2D eigenvalue weighted by atomic mass is 35.5. The van der Waals surface area contributed by atoms with Gasteiger partial charge in [-0.1, -0.05) is 23.7 Å². The number of halogens is 1. The molecule has 4 nitrogen and oxygen atoms in total. The Balaban J connectivity index is 2.15. The number of hydrogen-bond acceptors (Lipinski definition) is 4. The largest absolute Gasteiger partial charge is 0.481 e. The molecule has 5 heteroatoms. The molecule has 1 aromatic heterocycles. The normalized spacial score (nSPS) is 12.2. The average molecular weight is 279 g/mol. The zero-order chi connectivity index (χ0) is 13.8. The smallest absolute Gasteiger partial charge is 0.216 e. The number of aryl methyl sites for hydroxylation is 1. The molecule has 19 heavy (non-hydrogen) atoms. The zero-order valence-electron chi connectivity index (χ0n) is 10.8. The van der Waals surface area contributed by atoms with Crippen LogP contribution in [-0.2, 0) is 6.42 Å². The summed E-state index contributed by atoms with van der Waals surface area (Å²) in [5.41, 5.74) is 2.49. The molecule has 1 aromatic carbocycles. The van der Waals surface area contributed by atoms with Crippen LogP contribution < -0.4 is 4.74 Å². The summed E-state index contributed by atoms with van der Waals surface area (Å²) in [4.78, 5) is 8.05. The summed E-state index contributed by atoms with van der Waals surface area (Å²) >= 11 is 5.97. The van der Waals surface area contributed by atoms with Crippen molar-refractivity contribution in [2.75, 3.05) is 7.11 Å². The Morgan fingerprint density at radius 2 is 2.11 bits per heavy atom. The van der Waals surface area contributed by atoms with Crippen molar-refractivity contribution >= 4 is 11.6 Å². The lowest BCUT2D eigenvalue weighted by Crippen LogP contribution is -2.04. The molecule has 0 saturated heterocycles. The van der Waals surface area contributed by atoms with Crippen LogP contribution in [0.2, 0.25) is 5.02 Å². The van der Waals surface area contributed by atoms with Gasteiger partial charge < -0.3 is 9.84 Å². The van der Waals surface area contributed by atoms with E-state index in [4.69, 9.17) is 16.3 Å². The van der Waals surface area contributed by atoms with Gasteiger partial charge in [0, 0.05) is 17.5 Å². The second-order valence-corrected chi connectivity index (χ2v) is 4.69. The summed E-state index contributed by atoms with van der Waals surface area (Å²) in [5, 5.41) is 10.9. The Bertz CT molecular complexity index is 575. The standard InChI is InChI=1S/C14H15ClN2O2/c1-9-5-10(3-4-12(9)15)13(18)6-11-7-14(19-2)17-8-16-11/h3-5,7-8,13,18H,6H2,1-2H3. The van der Waals surface area contributed by atoms with E-state index in [-0.39, 0.29) is 0 Å². The van der Waals surface area contributed by atoms with Crippen molar-refractivity contribution in [3.8, 4) is 5.88 Å². The van der Waals surface area contributed by atoms with Crippen LogP contribution in [0.5, 0.6) is 5.88 Å². The number of hydrogen-bond donors (Lipinski definition) is 1. The minimum Gasteiger partial charge on any atom is -0.481 e. The van der Waals surface area contributed by atoms with Crippen molar-refractivity contribution in [1.82, 2.24) is 9.97 Å². The third-order valence-electron chi connectivity index (χ3n) is 2.88. The first-order valence-electron chi connectivity index (χ1n) is 5.89. The number of aliphatic hydroxyl groups excluding tert-OH is 1. The van der Waals surface area contributed by atoms with E-state index in [1.807, 2.05) is 19.1 Å². The first kappa shape index (κ1) is 13.8. The van der Waals surface area contributed by atoms with Gasteiger partial charge in [0.05, 0.1) is 18.9 Å². The minimum atomic E-state index is -0.629. The quantitative estimate of drug-likeness (QED) is 0.934. The van der Waals surface area contributed by atoms with E-state index in [1.54, 1.807) is 19.2 Å². The number of aliphatic hydroxyl groups is 1. The molecule has 1 N–H and O–H groups in total. The Morgan fingerprint density at radius 3 is 2.79 bits per heavy atom. The summed E-state index contributed by atoms with van der Waals surface area (Å²) in [6, 6.07) is 7.20. The molecular weight excluding hydrogens is 264 g/mol. The number of methoxy groups -OCH3 is 1. The average Bonchev–Trinajstić information content (AvgIpc) is 2.42. The predicted octanol–water partition coefficient (Wildman–Crippen LogP) is 2.72. The maximum atomic E-state index is 10.2. The van der Waals surface area contributed by atoms with Gasteiger partial charge in [0.1, 0.15) is 6.33 Å². The molecule has 0 aliphatic rings. The maximum absolute atomic E-state index is 10.2. The summed E-state index contributed by atoms with van der Waals surface area (Å²) in [6.45, 7) is 1.91. The molecule has 2 aromatic rings. The number of aromatic nitrogens is 2. The number of nitrogens with zero attached hydrogens (tertiary/aromatic N) is 2. The highest BCUT2D eigenvalue weighted by molar-refractivity contribution is 6.31. The van der Waals surface area contributed by atoms with Crippen LogP contribution in [0.1, 0.15) is 22.9 Å². The molecule has 0 amide bonds. The third-order valence-corrected chi connectivity index (χ3v) is 3.30. The van der Waals surface area contributed by atoms with E-state index in [0.29, 0.717) is 17.3 Å². The van der Waals surface area contributed by atoms with Crippen molar-refractivity contribution in [3.05, 3.63) is 52.4 Å². The van der Waals surface area contributed by atoms with E-state index in [0.717, 1.165) is 16.8 Å². The lowest BCUT2D eigenvalue weighted by Gasteiger charge is -2.12. The molecule has 0 saturated carbocycles. The summed E-state index contributed by atoms with van der Waals surface area (Å²) < 4.78 is 5.03. The zero-order valence-corrected chi connectivity index (χ0v) is 11.6. The maximum Gasteiger partial charge on any atom is 0.216 e. The van der Waals surface area contributed by atoms with Crippen molar-refractivity contribution < 1.29 is 9.84 Å². The Hall–Kier alpha value is -1.65. The molecule has 0 fully saturated rings. The van der Waals surface area contributed by atoms with Crippen molar-refractivity contribution in [1.29, 1.82) is 0 Å². The first-order chi connectivity index (χ1) is 9.10. The van der Waals surface area contributed by atoms with Crippen LogP contribution in [0.25, 0.3) is 0 Å². The van der Waals surface area contributed by atoms with Crippen molar-refractivity contribution in [2.24, 2.45) is 0 Å². The molecule has 0 bridgehead atoms. The molecule has 2 rings (SSSR count).